The number of aromatic nitrogens is 2. The highest BCUT2D eigenvalue weighted by molar-refractivity contribution is 5.74. The Bertz CT molecular complexity index is 582. The van der Waals surface area contributed by atoms with E-state index in [1.807, 2.05) is 22.7 Å². The van der Waals surface area contributed by atoms with E-state index in [0.717, 1.165) is 30.0 Å². The quantitative estimate of drug-likeness (QED) is 0.790. The number of fused-ring (bicyclic) bond motifs is 1. The highest BCUT2D eigenvalue weighted by Crippen LogP contribution is 2.20. The molecule has 0 spiro atoms. The van der Waals surface area contributed by atoms with Crippen molar-refractivity contribution in [2.24, 2.45) is 5.92 Å². The molecule has 1 aliphatic heterocycles. The normalized spacial score (nSPS) is 17.9. The van der Waals surface area contributed by atoms with Crippen LogP contribution in [0.1, 0.15) is 28.9 Å². The van der Waals surface area contributed by atoms with E-state index in [1.165, 1.54) is 25.9 Å². The van der Waals surface area contributed by atoms with Gasteiger partial charge in [-0.25, -0.2) is 4.98 Å². The molecule has 100 valence electrons. The second-order valence-corrected chi connectivity index (χ2v) is 5.53. The van der Waals surface area contributed by atoms with Gasteiger partial charge in [-0.05, 0) is 57.5 Å². The van der Waals surface area contributed by atoms with E-state index < -0.39 is 0 Å². The molecule has 0 amide bonds. The van der Waals surface area contributed by atoms with Crippen LogP contribution in [0.5, 0.6) is 0 Å². The zero-order valence-corrected chi connectivity index (χ0v) is 11.2. The average Bonchev–Trinajstić information content (AvgIpc) is 2.82. The second kappa shape index (κ2) is 5.13. The lowest BCUT2D eigenvalue weighted by Gasteiger charge is -2.28. The number of piperidine rings is 1. The van der Waals surface area contributed by atoms with Gasteiger partial charge in [0.25, 0.3) is 0 Å². The minimum absolute atomic E-state index is 0.691. The Balaban J connectivity index is 1.76. The fourth-order valence-electron chi connectivity index (χ4n) is 2.79. The number of carbonyl (C=O) groups excluding carboxylic acids is 1. The molecule has 0 aromatic carbocycles. The van der Waals surface area contributed by atoms with Gasteiger partial charge in [0.05, 0.1) is 5.69 Å². The van der Waals surface area contributed by atoms with Crippen molar-refractivity contribution in [3.63, 3.8) is 0 Å². The van der Waals surface area contributed by atoms with E-state index in [4.69, 9.17) is 0 Å². The van der Waals surface area contributed by atoms with Crippen LogP contribution < -0.4 is 0 Å². The second-order valence-electron chi connectivity index (χ2n) is 5.53. The van der Waals surface area contributed by atoms with Gasteiger partial charge in [0.1, 0.15) is 5.65 Å². The van der Waals surface area contributed by atoms with E-state index in [2.05, 4.69) is 23.1 Å². The molecule has 2 aromatic rings. The Morgan fingerprint density at radius 1 is 1.32 bits per heavy atom. The van der Waals surface area contributed by atoms with Gasteiger partial charge in [-0.3, -0.25) is 4.79 Å². The molecule has 2 aromatic heterocycles. The first kappa shape index (κ1) is 12.4. The van der Waals surface area contributed by atoms with E-state index in [-0.39, 0.29) is 0 Å². The van der Waals surface area contributed by atoms with E-state index >= 15 is 0 Å². The summed E-state index contributed by atoms with van der Waals surface area (Å²) in [4.78, 5) is 17.8. The zero-order chi connectivity index (χ0) is 13.2. The van der Waals surface area contributed by atoms with Gasteiger partial charge in [0, 0.05) is 18.0 Å². The molecule has 1 aliphatic rings. The van der Waals surface area contributed by atoms with E-state index in [1.54, 1.807) is 0 Å². The summed E-state index contributed by atoms with van der Waals surface area (Å²) in [6.45, 7) is 2.38. The van der Waals surface area contributed by atoms with Crippen molar-refractivity contribution in [1.82, 2.24) is 14.3 Å². The lowest BCUT2D eigenvalue weighted by atomic mass is 9.93. The summed E-state index contributed by atoms with van der Waals surface area (Å²) in [6.07, 6.45) is 8.32. The van der Waals surface area contributed by atoms with Gasteiger partial charge in [-0.15, -0.1) is 0 Å². The van der Waals surface area contributed by atoms with Crippen LogP contribution in [-0.2, 0) is 6.42 Å². The number of nitrogens with zero attached hydrogens (tertiary/aromatic N) is 3. The highest BCUT2D eigenvalue weighted by atomic mass is 16.1. The van der Waals surface area contributed by atoms with Crippen LogP contribution in [0.3, 0.4) is 0 Å². The zero-order valence-electron chi connectivity index (χ0n) is 11.2. The predicted molar refractivity (Wildman–Crippen MR) is 74.5 cm³/mol. The third-order valence-electron chi connectivity index (χ3n) is 4.00. The van der Waals surface area contributed by atoms with Crippen molar-refractivity contribution in [2.45, 2.75) is 19.3 Å². The molecule has 0 aliphatic carbocycles. The topological polar surface area (TPSA) is 37.6 Å². The van der Waals surface area contributed by atoms with Gasteiger partial charge >= 0.3 is 0 Å². The van der Waals surface area contributed by atoms with Crippen LogP contribution in [0.4, 0.5) is 0 Å². The maximum atomic E-state index is 10.8. The number of aldehydes is 1. The van der Waals surface area contributed by atoms with Crippen molar-refractivity contribution in [3.8, 4) is 0 Å². The number of hydrogen-bond donors (Lipinski definition) is 0. The van der Waals surface area contributed by atoms with Gasteiger partial charge in [0.2, 0.25) is 0 Å². The van der Waals surface area contributed by atoms with Gasteiger partial charge in [-0.2, -0.15) is 0 Å². The molecule has 4 nitrogen and oxygen atoms in total. The number of imidazole rings is 1. The standard InChI is InChI=1S/C15H19N3O/c1-17-6-4-12(5-7-17)8-14-10-18-9-13(11-19)2-3-15(18)16-14/h2-3,9-12H,4-8H2,1H3. The summed E-state index contributed by atoms with van der Waals surface area (Å²) in [5.74, 6) is 0.742. The van der Waals surface area contributed by atoms with Gasteiger partial charge < -0.3 is 9.30 Å². The summed E-state index contributed by atoms with van der Waals surface area (Å²) in [5.41, 5.74) is 2.75. The number of hydrogen-bond acceptors (Lipinski definition) is 3. The molecule has 0 atom stereocenters. The molecular formula is C15H19N3O. The molecule has 4 heteroatoms. The van der Waals surface area contributed by atoms with Crippen LogP contribution in [0.2, 0.25) is 0 Å². The molecule has 1 saturated heterocycles. The first-order chi connectivity index (χ1) is 9.24. The van der Waals surface area contributed by atoms with Crippen molar-refractivity contribution in [2.75, 3.05) is 20.1 Å². The first-order valence-electron chi connectivity index (χ1n) is 6.86. The number of rotatable bonds is 3. The smallest absolute Gasteiger partial charge is 0.151 e. The molecule has 0 bridgehead atoms. The summed E-state index contributed by atoms with van der Waals surface area (Å²) in [5, 5.41) is 0. The summed E-state index contributed by atoms with van der Waals surface area (Å²) < 4.78 is 1.95. The van der Waals surface area contributed by atoms with Gasteiger partial charge in [0.15, 0.2) is 6.29 Å². The molecular weight excluding hydrogens is 238 g/mol. The minimum atomic E-state index is 0.691. The average molecular weight is 257 g/mol. The predicted octanol–water partition coefficient (Wildman–Crippen LogP) is 2.03. The Hall–Kier alpha value is -1.68. The van der Waals surface area contributed by atoms with Crippen molar-refractivity contribution >= 4 is 11.9 Å². The van der Waals surface area contributed by atoms with Crippen molar-refractivity contribution in [1.29, 1.82) is 0 Å². The molecule has 1 fully saturated rings. The third-order valence-corrected chi connectivity index (χ3v) is 4.00. The molecule has 0 radical (unpaired) electrons. The Kier molecular flexibility index (Phi) is 3.34. The van der Waals surface area contributed by atoms with Crippen molar-refractivity contribution in [3.05, 3.63) is 35.8 Å². The lowest BCUT2D eigenvalue weighted by molar-refractivity contribution is 0.112. The van der Waals surface area contributed by atoms with Crippen LogP contribution in [-0.4, -0.2) is 40.7 Å². The highest BCUT2D eigenvalue weighted by Gasteiger charge is 2.18. The van der Waals surface area contributed by atoms with Gasteiger partial charge in [-0.1, -0.05) is 0 Å². The maximum absolute atomic E-state index is 10.8. The SMILES string of the molecule is CN1CCC(Cc2cn3cc(C=O)ccc3n2)CC1. The molecule has 0 saturated carbocycles. The van der Waals surface area contributed by atoms with Crippen LogP contribution in [0.15, 0.2) is 24.5 Å². The molecule has 3 heterocycles. The lowest BCUT2D eigenvalue weighted by Crippen LogP contribution is -2.30. The van der Waals surface area contributed by atoms with Crippen LogP contribution >= 0.6 is 0 Å². The maximum Gasteiger partial charge on any atom is 0.151 e. The van der Waals surface area contributed by atoms with Crippen LogP contribution in [0.25, 0.3) is 5.65 Å². The third kappa shape index (κ3) is 2.68. The number of pyridine rings is 1. The van der Waals surface area contributed by atoms with E-state index in [9.17, 15) is 4.79 Å². The Morgan fingerprint density at radius 2 is 2.11 bits per heavy atom. The number of likely N-dealkylation sites (tertiary alicyclic amines) is 1. The molecule has 19 heavy (non-hydrogen) atoms. The monoisotopic (exact) mass is 257 g/mol. The largest absolute Gasteiger partial charge is 0.306 e. The molecule has 3 rings (SSSR count). The van der Waals surface area contributed by atoms with Crippen molar-refractivity contribution < 1.29 is 4.79 Å². The minimum Gasteiger partial charge on any atom is -0.306 e. The first-order valence-corrected chi connectivity index (χ1v) is 6.86. The fraction of sp³-hybridized carbons (Fsp3) is 0.467. The summed E-state index contributed by atoms with van der Waals surface area (Å²) in [7, 11) is 2.18. The number of carbonyl (C=O) groups is 1. The Labute approximate surface area is 113 Å². The fourth-order valence-corrected chi connectivity index (χ4v) is 2.79. The Morgan fingerprint density at radius 3 is 2.84 bits per heavy atom. The summed E-state index contributed by atoms with van der Waals surface area (Å²) >= 11 is 0. The molecule has 0 N–H and O–H groups in total. The van der Waals surface area contributed by atoms with Crippen LogP contribution in [0, 0.1) is 5.92 Å². The molecule has 0 unspecified atom stereocenters. The van der Waals surface area contributed by atoms with E-state index in [0.29, 0.717) is 5.56 Å². The summed E-state index contributed by atoms with van der Waals surface area (Å²) in [6, 6.07) is 3.72.